The van der Waals surface area contributed by atoms with Gasteiger partial charge in [0.25, 0.3) is 0 Å². The molecule has 1 atom stereocenters. The van der Waals surface area contributed by atoms with Crippen molar-refractivity contribution in [2.24, 2.45) is 0 Å². The molecule has 0 heterocycles. The summed E-state index contributed by atoms with van der Waals surface area (Å²) in [4.78, 5) is 12.1. The summed E-state index contributed by atoms with van der Waals surface area (Å²) in [6.45, 7) is 3.91. The van der Waals surface area contributed by atoms with Gasteiger partial charge >= 0.3 is 5.97 Å². The van der Waals surface area contributed by atoms with Crippen LogP contribution in [0.5, 0.6) is 5.75 Å². The van der Waals surface area contributed by atoms with Crippen LogP contribution in [0.4, 0.5) is 13.2 Å². The molecule has 0 aliphatic heterocycles. The van der Waals surface area contributed by atoms with E-state index in [-0.39, 0.29) is 0 Å². The van der Waals surface area contributed by atoms with Gasteiger partial charge in [-0.15, -0.1) is 0 Å². The van der Waals surface area contributed by atoms with Gasteiger partial charge in [0.15, 0.2) is 17.4 Å². The highest BCUT2D eigenvalue weighted by Crippen LogP contribution is 2.27. The second-order valence-corrected chi connectivity index (χ2v) is 6.90. The monoisotopic (exact) mass is 388 g/mol. The third-order valence-electron chi connectivity index (χ3n) is 4.56. The van der Waals surface area contributed by atoms with Crippen LogP contribution in [0.1, 0.15) is 88.4 Å². The Morgan fingerprint density at radius 2 is 1.52 bits per heavy atom. The highest BCUT2D eigenvalue weighted by atomic mass is 19.2. The Kier molecular flexibility index (Phi) is 10.9. The molecule has 154 valence electrons. The number of halogens is 3. The summed E-state index contributed by atoms with van der Waals surface area (Å²) in [7, 11) is 1.00. The maximum atomic E-state index is 14.1. The van der Waals surface area contributed by atoms with E-state index >= 15 is 0 Å². The van der Waals surface area contributed by atoms with Crippen molar-refractivity contribution in [1.29, 1.82) is 0 Å². The number of benzene rings is 1. The first-order valence-corrected chi connectivity index (χ1v) is 9.84. The normalized spacial score (nSPS) is 12.1. The van der Waals surface area contributed by atoms with Crippen molar-refractivity contribution in [3.05, 3.63) is 29.1 Å². The average Bonchev–Trinajstić information content (AvgIpc) is 2.63. The molecule has 0 amide bonds. The van der Waals surface area contributed by atoms with Crippen LogP contribution < -0.4 is 4.74 Å². The molecule has 0 bridgehead atoms. The Balaban J connectivity index is 2.36. The van der Waals surface area contributed by atoms with E-state index in [1.54, 1.807) is 6.92 Å². The van der Waals surface area contributed by atoms with Gasteiger partial charge in [-0.05, 0) is 25.8 Å². The second-order valence-electron chi connectivity index (χ2n) is 6.90. The average molecular weight is 388 g/mol. The topological polar surface area (TPSA) is 35.5 Å². The molecule has 0 radical (unpaired) electrons. The maximum Gasteiger partial charge on any atom is 0.341 e. The minimum atomic E-state index is -1.46. The third-order valence-corrected chi connectivity index (χ3v) is 4.56. The molecule has 0 aromatic heterocycles. The number of methoxy groups -OCH3 is 1. The summed E-state index contributed by atoms with van der Waals surface area (Å²) >= 11 is 0. The molecule has 1 aromatic carbocycles. The summed E-state index contributed by atoms with van der Waals surface area (Å²) in [6.07, 6.45) is 10.9. The number of hydrogen-bond donors (Lipinski definition) is 0. The summed E-state index contributed by atoms with van der Waals surface area (Å²) < 4.78 is 50.7. The molecule has 0 fully saturated rings. The fourth-order valence-electron chi connectivity index (χ4n) is 2.96. The molecule has 6 heteroatoms. The predicted molar refractivity (Wildman–Crippen MR) is 99.6 cm³/mol. The van der Waals surface area contributed by atoms with Crippen LogP contribution >= 0.6 is 0 Å². The lowest BCUT2D eigenvalue weighted by molar-refractivity contribution is 0.0312. The summed E-state index contributed by atoms with van der Waals surface area (Å²) in [5, 5.41) is 0. The Labute approximate surface area is 160 Å². The van der Waals surface area contributed by atoms with Gasteiger partial charge in [0, 0.05) is 0 Å². The summed E-state index contributed by atoms with van der Waals surface area (Å²) in [6, 6.07) is 0.501. The molecule has 1 rings (SSSR count). The molecule has 27 heavy (non-hydrogen) atoms. The van der Waals surface area contributed by atoms with E-state index in [4.69, 9.17) is 4.74 Å². The first kappa shape index (κ1) is 23.3. The molecule has 3 nitrogen and oxygen atoms in total. The van der Waals surface area contributed by atoms with E-state index < -0.39 is 40.8 Å². The Hall–Kier alpha value is -1.72. The Bertz CT molecular complexity index is 591. The van der Waals surface area contributed by atoms with Gasteiger partial charge in [0.1, 0.15) is 5.56 Å². The van der Waals surface area contributed by atoms with E-state index in [0.717, 1.165) is 26.4 Å². The molecular weight excluding hydrogens is 357 g/mol. The minimum Gasteiger partial charge on any atom is -0.491 e. The largest absolute Gasteiger partial charge is 0.491 e. The first-order chi connectivity index (χ1) is 12.9. The van der Waals surface area contributed by atoms with Crippen LogP contribution in [-0.2, 0) is 4.74 Å². The van der Waals surface area contributed by atoms with Crippen molar-refractivity contribution in [3.63, 3.8) is 0 Å². The van der Waals surface area contributed by atoms with Gasteiger partial charge in [0.2, 0.25) is 5.82 Å². The zero-order valence-electron chi connectivity index (χ0n) is 16.6. The molecular formula is C21H31F3O3. The highest BCUT2D eigenvalue weighted by Gasteiger charge is 2.25. The van der Waals surface area contributed by atoms with E-state index in [9.17, 15) is 18.0 Å². The van der Waals surface area contributed by atoms with Crippen molar-refractivity contribution in [2.75, 3.05) is 7.11 Å². The van der Waals surface area contributed by atoms with Crippen LogP contribution in [0.2, 0.25) is 0 Å². The second kappa shape index (κ2) is 12.6. The molecule has 0 spiro atoms. The Morgan fingerprint density at radius 3 is 2.07 bits per heavy atom. The molecule has 0 aliphatic carbocycles. The lowest BCUT2D eigenvalue weighted by Crippen LogP contribution is -2.17. The number of rotatable bonds is 13. The smallest absolute Gasteiger partial charge is 0.341 e. The van der Waals surface area contributed by atoms with Crippen molar-refractivity contribution >= 4 is 5.97 Å². The van der Waals surface area contributed by atoms with Crippen LogP contribution in [-0.4, -0.2) is 19.2 Å². The molecule has 0 aliphatic rings. The summed E-state index contributed by atoms with van der Waals surface area (Å²) in [5.74, 6) is -6.01. The van der Waals surface area contributed by atoms with Crippen molar-refractivity contribution in [2.45, 2.75) is 84.2 Å². The van der Waals surface area contributed by atoms with Crippen LogP contribution in [0, 0.1) is 17.5 Å². The number of hydrogen-bond acceptors (Lipinski definition) is 3. The fourth-order valence-corrected chi connectivity index (χ4v) is 2.96. The first-order valence-electron chi connectivity index (χ1n) is 9.84. The standard InChI is InChI=1S/C21H31F3O3/c1-4-5-6-7-8-9-10-11-12-13-15(2)27-21(25)16-14-17(22)19(24)20(26-3)18(16)23/h14-15H,4-13H2,1-3H3. The maximum absolute atomic E-state index is 14.1. The van der Waals surface area contributed by atoms with E-state index in [1.807, 2.05) is 0 Å². The van der Waals surface area contributed by atoms with E-state index in [1.165, 1.54) is 38.5 Å². The lowest BCUT2D eigenvalue weighted by atomic mass is 10.1. The fraction of sp³-hybridized carbons (Fsp3) is 0.667. The zero-order chi connectivity index (χ0) is 20.2. The minimum absolute atomic E-state index is 0.430. The SMILES string of the molecule is CCCCCCCCCCCC(C)OC(=O)c1cc(F)c(F)c(OC)c1F. The van der Waals surface area contributed by atoms with Gasteiger partial charge in [0.05, 0.1) is 13.2 Å². The van der Waals surface area contributed by atoms with Crippen molar-refractivity contribution in [3.8, 4) is 5.75 Å². The molecule has 0 saturated carbocycles. The van der Waals surface area contributed by atoms with Crippen molar-refractivity contribution < 1.29 is 27.4 Å². The highest BCUT2D eigenvalue weighted by molar-refractivity contribution is 5.90. The van der Waals surface area contributed by atoms with Gasteiger partial charge in [-0.2, -0.15) is 4.39 Å². The van der Waals surface area contributed by atoms with Crippen LogP contribution in [0.3, 0.4) is 0 Å². The Morgan fingerprint density at radius 1 is 0.963 bits per heavy atom. The number of carbonyl (C=O) groups is 1. The molecule has 1 unspecified atom stereocenters. The molecule has 0 saturated heterocycles. The van der Waals surface area contributed by atoms with Gasteiger partial charge in [-0.25, -0.2) is 13.6 Å². The number of esters is 1. The quantitative estimate of drug-likeness (QED) is 0.217. The van der Waals surface area contributed by atoms with Crippen molar-refractivity contribution in [1.82, 2.24) is 0 Å². The van der Waals surface area contributed by atoms with Gasteiger partial charge < -0.3 is 9.47 Å². The number of carbonyl (C=O) groups excluding carboxylic acids is 1. The molecule has 1 aromatic rings. The predicted octanol–water partition coefficient (Wildman–Crippen LogP) is 6.58. The van der Waals surface area contributed by atoms with Gasteiger partial charge in [-0.1, -0.05) is 58.3 Å². The zero-order valence-corrected chi connectivity index (χ0v) is 16.6. The lowest BCUT2D eigenvalue weighted by Gasteiger charge is -2.14. The number of unbranched alkanes of at least 4 members (excludes halogenated alkanes) is 8. The third kappa shape index (κ3) is 7.81. The van der Waals surface area contributed by atoms with Crippen LogP contribution in [0.25, 0.3) is 0 Å². The molecule has 0 N–H and O–H groups in total. The summed E-state index contributed by atoms with van der Waals surface area (Å²) in [5.41, 5.74) is -0.662. The van der Waals surface area contributed by atoms with E-state index in [2.05, 4.69) is 11.7 Å². The number of ether oxygens (including phenoxy) is 2. The van der Waals surface area contributed by atoms with Gasteiger partial charge in [-0.3, -0.25) is 0 Å². The van der Waals surface area contributed by atoms with Crippen LogP contribution in [0.15, 0.2) is 6.07 Å². The van der Waals surface area contributed by atoms with E-state index in [0.29, 0.717) is 12.5 Å².